The predicted octanol–water partition coefficient (Wildman–Crippen LogP) is 0.418. The fraction of sp³-hybridized carbons (Fsp3) is 0.594. The summed E-state index contributed by atoms with van der Waals surface area (Å²) in [6.07, 6.45) is 0.603. The SMILES string of the molecule is CN=C(NC)NCOCN[C@H]1CCN([C@@H]2C[C@H](SC3=C(C(=O)OC(=O)c4ccc([N+](=O)[O-])cc4)N4C(=O)[C@H]([C@@H](C)O)[C@H]4[C@H]3C)CN2C)C(=O)C1. The number of guanidine groups is 1. The van der Waals surface area contributed by atoms with Gasteiger partial charge in [-0.2, -0.15) is 0 Å². The van der Waals surface area contributed by atoms with Gasteiger partial charge in [0.25, 0.3) is 5.69 Å². The van der Waals surface area contributed by atoms with E-state index in [-0.39, 0.29) is 59.7 Å². The van der Waals surface area contributed by atoms with Crippen LogP contribution in [0.2, 0.25) is 0 Å². The average molecular weight is 717 g/mol. The van der Waals surface area contributed by atoms with Gasteiger partial charge in [0.2, 0.25) is 11.8 Å². The lowest BCUT2D eigenvalue weighted by molar-refractivity contribution is -0.384. The Morgan fingerprint density at radius 2 is 1.92 bits per heavy atom. The van der Waals surface area contributed by atoms with Crippen molar-refractivity contribution in [2.45, 2.75) is 62.7 Å². The number of piperidine rings is 1. The number of nitro benzene ring substituents is 1. The van der Waals surface area contributed by atoms with Crippen LogP contribution in [0.3, 0.4) is 0 Å². The number of β-lactam (4-membered cyclic amide) rings is 1. The van der Waals surface area contributed by atoms with E-state index in [9.17, 15) is 34.4 Å². The Bertz CT molecular complexity index is 1550. The summed E-state index contributed by atoms with van der Waals surface area (Å²) in [4.78, 5) is 73.3. The molecule has 4 aliphatic heterocycles. The first-order valence-corrected chi connectivity index (χ1v) is 17.4. The third-order valence-corrected chi connectivity index (χ3v) is 11.2. The monoisotopic (exact) mass is 716 g/mol. The van der Waals surface area contributed by atoms with E-state index in [1.165, 1.54) is 35.7 Å². The van der Waals surface area contributed by atoms with E-state index in [0.29, 0.717) is 36.8 Å². The van der Waals surface area contributed by atoms with Crippen molar-refractivity contribution in [2.24, 2.45) is 16.8 Å². The van der Waals surface area contributed by atoms with Crippen LogP contribution in [0.25, 0.3) is 0 Å². The molecular formula is C32H44N8O9S. The van der Waals surface area contributed by atoms with E-state index in [0.717, 1.165) is 18.6 Å². The topological polar surface area (TPSA) is 208 Å². The number of aliphatic hydroxyl groups is 1. The van der Waals surface area contributed by atoms with Gasteiger partial charge in [-0.3, -0.25) is 34.9 Å². The Hall–Kier alpha value is -4.10. The highest BCUT2D eigenvalue weighted by molar-refractivity contribution is 8.03. The van der Waals surface area contributed by atoms with E-state index in [1.54, 1.807) is 14.1 Å². The lowest BCUT2D eigenvalue weighted by Gasteiger charge is -2.46. The summed E-state index contributed by atoms with van der Waals surface area (Å²) in [6, 6.07) is 4.16. The number of nitrogens with zero attached hydrogens (tertiary/aromatic N) is 5. The van der Waals surface area contributed by atoms with Gasteiger partial charge < -0.3 is 35.0 Å². The molecule has 0 radical (unpaired) electrons. The summed E-state index contributed by atoms with van der Waals surface area (Å²) in [5, 5.41) is 30.5. The number of aliphatic hydroxyl groups excluding tert-OH is 1. The second-order valence-electron chi connectivity index (χ2n) is 12.8. The normalized spacial score (nSPS) is 27.6. The van der Waals surface area contributed by atoms with Crippen LogP contribution in [0.1, 0.15) is 43.5 Å². The van der Waals surface area contributed by atoms with Gasteiger partial charge in [-0.05, 0) is 38.9 Å². The van der Waals surface area contributed by atoms with Crippen LogP contribution >= 0.6 is 11.8 Å². The second-order valence-corrected chi connectivity index (χ2v) is 14.2. The van der Waals surface area contributed by atoms with Crippen LogP contribution in [0.15, 0.2) is 39.9 Å². The van der Waals surface area contributed by atoms with Crippen molar-refractivity contribution >= 4 is 47.2 Å². The molecule has 4 aliphatic rings. The predicted molar refractivity (Wildman–Crippen MR) is 182 cm³/mol. The molecule has 4 N–H and O–H groups in total. The summed E-state index contributed by atoms with van der Waals surface area (Å²) in [5.41, 5.74) is -0.308. The molecule has 3 fully saturated rings. The highest BCUT2D eigenvalue weighted by atomic mass is 32.2. The molecule has 3 saturated heterocycles. The molecule has 18 heteroatoms. The maximum Gasteiger partial charge on any atom is 0.363 e. The molecule has 1 aromatic rings. The van der Waals surface area contributed by atoms with Crippen molar-refractivity contribution in [1.29, 1.82) is 0 Å². The number of likely N-dealkylation sites (tertiary alicyclic amines) is 2. The summed E-state index contributed by atoms with van der Waals surface area (Å²) in [6.45, 7) is 5.13. The van der Waals surface area contributed by atoms with Crippen molar-refractivity contribution in [2.75, 3.05) is 47.7 Å². The zero-order chi connectivity index (χ0) is 36.3. The lowest BCUT2D eigenvalue weighted by atomic mass is 9.79. The number of amides is 2. The number of thioether (sulfide) groups is 1. The first kappa shape index (κ1) is 37.2. The third-order valence-electron chi connectivity index (χ3n) is 9.66. The lowest BCUT2D eigenvalue weighted by Crippen LogP contribution is -2.63. The maximum absolute atomic E-state index is 13.6. The minimum atomic E-state index is -1.01. The standard InChI is InChI=1S/C32H44N8O9S/c1-17-26-25(18(2)41)29(43)39(26)27(31(45)49-30(44)19-6-8-21(9-7-19)40(46)47)28(17)50-22-13-23(37(5)14-22)38-11-10-20(12-24(38)42)35-15-48-16-36-32(33-3)34-4/h6-9,17-18,20,22-23,25-26,35,41H,10-16H2,1-5H3,(H2,33,34,36)/t17-,18-,20+,22+,23-,25-,26-/m1/s1. The zero-order valence-electron chi connectivity index (χ0n) is 28.7. The quantitative estimate of drug-likeness (QED) is 0.0266. The molecule has 1 aromatic carbocycles. The molecule has 0 unspecified atom stereocenters. The number of fused-ring (bicyclic) bond motifs is 1. The van der Waals surface area contributed by atoms with Crippen LogP contribution < -0.4 is 16.0 Å². The summed E-state index contributed by atoms with van der Waals surface area (Å²) in [5.74, 6) is -2.83. The highest BCUT2D eigenvalue weighted by Crippen LogP contribution is 2.52. The summed E-state index contributed by atoms with van der Waals surface area (Å²) >= 11 is 1.43. The van der Waals surface area contributed by atoms with Crippen molar-refractivity contribution < 1.29 is 38.7 Å². The molecule has 50 heavy (non-hydrogen) atoms. The molecular weight excluding hydrogens is 672 g/mol. The molecule has 0 bridgehead atoms. The van der Waals surface area contributed by atoms with Gasteiger partial charge in [0.1, 0.15) is 12.4 Å². The summed E-state index contributed by atoms with van der Waals surface area (Å²) < 4.78 is 10.8. The number of carbonyl (C=O) groups excluding carboxylic acids is 4. The number of hydrogen-bond acceptors (Lipinski definition) is 13. The molecule has 2 amide bonds. The van der Waals surface area contributed by atoms with E-state index in [4.69, 9.17) is 9.47 Å². The number of non-ortho nitro benzene ring substituents is 1. The number of esters is 2. The van der Waals surface area contributed by atoms with Gasteiger partial charge in [-0.1, -0.05) is 6.92 Å². The summed E-state index contributed by atoms with van der Waals surface area (Å²) in [7, 11) is 5.37. The van der Waals surface area contributed by atoms with E-state index in [2.05, 4.69) is 25.8 Å². The molecule has 4 heterocycles. The molecule has 5 rings (SSSR count). The number of hydrogen-bond donors (Lipinski definition) is 4. The second kappa shape index (κ2) is 15.8. The van der Waals surface area contributed by atoms with Crippen molar-refractivity contribution in [3.8, 4) is 0 Å². The number of aliphatic imine (C=N–C) groups is 1. The fourth-order valence-corrected chi connectivity index (χ4v) is 8.69. The van der Waals surface area contributed by atoms with Gasteiger partial charge in [0, 0.05) is 67.9 Å². The van der Waals surface area contributed by atoms with Gasteiger partial charge in [0.15, 0.2) is 5.96 Å². The van der Waals surface area contributed by atoms with Crippen molar-refractivity contribution in [3.63, 3.8) is 0 Å². The van der Waals surface area contributed by atoms with Gasteiger partial charge in [-0.25, -0.2) is 9.59 Å². The van der Waals surface area contributed by atoms with E-state index < -0.39 is 40.8 Å². The molecule has 272 valence electrons. The van der Waals surface area contributed by atoms with Crippen molar-refractivity contribution in [1.82, 2.24) is 30.7 Å². The fourth-order valence-electron chi connectivity index (χ4n) is 7.11. The van der Waals surface area contributed by atoms with Crippen LogP contribution in [0.5, 0.6) is 0 Å². The molecule has 0 aromatic heterocycles. The van der Waals surface area contributed by atoms with E-state index >= 15 is 0 Å². The molecule has 17 nitrogen and oxygen atoms in total. The van der Waals surface area contributed by atoms with E-state index in [1.807, 2.05) is 18.9 Å². The number of ether oxygens (including phenoxy) is 2. The number of nitro groups is 1. The van der Waals surface area contributed by atoms with Crippen LogP contribution in [-0.4, -0.2) is 132 Å². The third kappa shape index (κ3) is 7.63. The largest absolute Gasteiger partial charge is 0.393 e. The molecule has 0 saturated carbocycles. The molecule has 0 aliphatic carbocycles. The first-order chi connectivity index (χ1) is 23.9. The van der Waals surface area contributed by atoms with Crippen molar-refractivity contribution in [3.05, 3.63) is 50.5 Å². The number of carbonyl (C=O) groups is 4. The smallest absolute Gasteiger partial charge is 0.363 e. The number of rotatable bonds is 12. The van der Waals surface area contributed by atoms with Crippen LogP contribution in [0.4, 0.5) is 5.69 Å². The average Bonchev–Trinajstić information content (AvgIpc) is 3.56. The van der Waals surface area contributed by atoms with Gasteiger partial charge in [0.05, 0.1) is 41.4 Å². The first-order valence-electron chi connectivity index (χ1n) is 16.5. The Labute approximate surface area is 293 Å². The Kier molecular flexibility index (Phi) is 11.8. The van der Waals surface area contributed by atoms with Crippen LogP contribution in [0, 0.1) is 22.0 Å². The van der Waals surface area contributed by atoms with Gasteiger partial charge >= 0.3 is 11.9 Å². The van der Waals surface area contributed by atoms with Crippen LogP contribution in [-0.2, 0) is 23.9 Å². The Balaban J connectivity index is 1.23. The Morgan fingerprint density at radius 3 is 2.54 bits per heavy atom. The Morgan fingerprint density at radius 1 is 1.20 bits per heavy atom. The zero-order valence-corrected chi connectivity index (χ0v) is 29.5. The minimum Gasteiger partial charge on any atom is -0.393 e. The molecule has 0 spiro atoms. The minimum absolute atomic E-state index is 0.0186. The number of nitrogens with one attached hydrogen (secondary N) is 3. The highest BCUT2D eigenvalue weighted by Gasteiger charge is 2.60. The molecule has 7 atom stereocenters. The number of benzene rings is 1. The maximum atomic E-state index is 13.6. The van der Waals surface area contributed by atoms with Gasteiger partial charge in [-0.15, -0.1) is 11.8 Å².